The Hall–Kier alpha value is -2.88. The van der Waals surface area contributed by atoms with E-state index in [1.807, 2.05) is 30.5 Å². The third kappa shape index (κ3) is 1.90. The van der Waals surface area contributed by atoms with Crippen LogP contribution in [0.25, 0.3) is 10.9 Å². The van der Waals surface area contributed by atoms with Gasteiger partial charge < -0.3 is 9.64 Å². The number of likely N-dealkylation sites (N-methyl/N-ethyl adjacent to an activating group) is 1. The first kappa shape index (κ1) is 15.4. The minimum Gasteiger partial charge on any atom is -0.460 e. The normalized spacial score (nSPS) is 23.2. The Morgan fingerprint density at radius 1 is 1.19 bits per heavy atom. The zero-order chi connectivity index (χ0) is 17.9. The number of pyridine rings is 1. The average molecular weight is 343 g/mol. The van der Waals surface area contributed by atoms with Crippen LogP contribution in [0.3, 0.4) is 0 Å². The minimum absolute atomic E-state index is 0.240. The summed E-state index contributed by atoms with van der Waals surface area (Å²) < 4.78 is 6.68. The van der Waals surface area contributed by atoms with Gasteiger partial charge in [0.25, 0.3) is 0 Å². The van der Waals surface area contributed by atoms with Crippen molar-refractivity contribution >= 4 is 28.5 Å². The summed E-state index contributed by atoms with van der Waals surface area (Å²) in [6.07, 6.45) is 4.78. The molecule has 0 saturated carbocycles. The summed E-state index contributed by atoms with van der Waals surface area (Å²) in [7, 11) is 2.10. The van der Waals surface area contributed by atoms with Gasteiger partial charge in [0.05, 0.1) is 17.6 Å². The molecule has 2 aromatic carbocycles. The van der Waals surface area contributed by atoms with E-state index in [-0.39, 0.29) is 5.92 Å². The molecule has 2 aliphatic rings. The lowest BCUT2D eigenvalue weighted by Crippen LogP contribution is -2.54. The molecule has 26 heavy (non-hydrogen) atoms. The summed E-state index contributed by atoms with van der Waals surface area (Å²) >= 11 is 0. The van der Waals surface area contributed by atoms with E-state index in [4.69, 9.17) is 9.73 Å². The first-order valence-electron chi connectivity index (χ1n) is 9.10. The van der Waals surface area contributed by atoms with Gasteiger partial charge in [-0.2, -0.15) is 0 Å². The van der Waals surface area contributed by atoms with Crippen molar-refractivity contribution < 1.29 is 4.74 Å². The van der Waals surface area contributed by atoms with E-state index in [1.54, 1.807) is 6.20 Å². The van der Waals surface area contributed by atoms with Gasteiger partial charge in [0.1, 0.15) is 11.4 Å². The van der Waals surface area contributed by atoms with Gasteiger partial charge in [0, 0.05) is 24.3 Å². The molecule has 2 aliphatic heterocycles. The van der Waals surface area contributed by atoms with Gasteiger partial charge in [-0.3, -0.25) is 9.98 Å². The number of ether oxygens (including phenoxy) is 1. The SMILES string of the molecule is CCC1c2cc(C)ccc2N(C)C12C=Nc1c(ccc3ncccc13)O2. The van der Waals surface area contributed by atoms with Gasteiger partial charge in [-0.25, -0.2) is 0 Å². The summed E-state index contributed by atoms with van der Waals surface area (Å²) in [5.74, 6) is 1.06. The molecule has 0 amide bonds. The molecular formula is C22H21N3O. The maximum absolute atomic E-state index is 6.68. The van der Waals surface area contributed by atoms with Gasteiger partial charge in [0.15, 0.2) is 0 Å². The molecule has 0 N–H and O–H groups in total. The lowest BCUT2D eigenvalue weighted by Gasteiger charge is -2.40. The predicted octanol–water partition coefficient (Wildman–Crippen LogP) is 4.98. The minimum atomic E-state index is -0.576. The van der Waals surface area contributed by atoms with Gasteiger partial charge >= 0.3 is 0 Å². The third-order valence-electron chi connectivity index (χ3n) is 5.72. The lowest BCUT2D eigenvalue weighted by atomic mass is 9.88. The molecule has 4 heteroatoms. The molecule has 130 valence electrons. The number of aryl methyl sites for hydroxylation is 1. The second-order valence-electron chi connectivity index (χ2n) is 7.18. The zero-order valence-electron chi connectivity index (χ0n) is 15.2. The molecule has 2 atom stereocenters. The van der Waals surface area contributed by atoms with Crippen LogP contribution in [0.4, 0.5) is 11.4 Å². The van der Waals surface area contributed by atoms with E-state index in [1.165, 1.54) is 16.8 Å². The Morgan fingerprint density at radius 2 is 2.08 bits per heavy atom. The van der Waals surface area contributed by atoms with Crippen molar-refractivity contribution in [2.24, 2.45) is 4.99 Å². The molecule has 0 fully saturated rings. The fourth-order valence-electron chi connectivity index (χ4n) is 4.42. The molecule has 0 bridgehead atoms. The summed E-state index contributed by atoms with van der Waals surface area (Å²) in [4.78, 5) is 11.5. The van der Waals surface area contributed by atoms with Crippen molar-refractivity contribution in [1.29, 1.82) is 0 Å². The number of hydrogen-bond donors (Lipinski definition) is 0. The zero-order valence-corrected chi connectivity index (χ0v) is 15.2. The topological polar surface area (TPSA) is 37.7 Å². The Bertz CT molecular complexity index is 1060. The van der Waals surface area contributed by atoms with E-state index >= 15 is 0 Å². The molecule has 0 aliphatic carbocycles. The van der Waals surface area contributed by atoms with Crippen LogP contribution in [0.15, 0.2) is 53.7 Å². The molecular weight excluding hydrogens is 322 g/mol. The molecule has 0 radical (unpaired) electrons. The molecule has 4 nitrogen and oxygen atoms in total. The number of anilines is 1. The van der Waals surface area contributed by atoms with E-state index in [2.05, 4.69) is 49.0 Å². The van der Waals surface area contributed by atoms with Crippen molar-refractivity contribution in [2.75, 3.05) is 11.9 Å². The average Bonchev–Trinajstić information content (AvgIpc) is 2.88. The van der Waals surface area contributed by atoms with Crippen LogP contribution in [0.1, 0.15) is 30.4 Å². The fourth-order valence-corrected chi connectivity index (χ4v) is 4.42. The van der Waals surface area contributed by atoms with Crippen molar-refractivity contribution in [3.63, 3.8) is 0 Å². The van der Waals surface area contributed by atoms with Crippen molar-refractivity contribution in [2.45, 2.75) is 31.9 Å². The maximum Gasteiger partial charge on any atom is 0.226 e. The van der Waals surface area contributed by atoms with Crippen LogP contribution in [0, 0.1) is 6.92 Å². The number of nitrogens with zero attached hydrogens (tertiary/aromatic N) is 3. The van der Waals surface area contributed by atoms with Gasteiger partial charge in [0.2, 0.25) is 5.72 Å². The first-order valence-corrected chi connectivity index (χ1v) is 9.10. The van der Waals surface area contributed by atoms with Gasteiger partial charge in [-0.15, -0.1) is 0 Å². The monoisotopic (exact) mass is 343 g/mol. The Kier molecular flexibility index (Phi) is 3.14. The standard InChI is InChI=1S/C22H21N3O/c1-4-17-16-12-14(2)7-9-19(16)25(3)22(17)13-24-21-15-6-5-11-23-18(15)8-10-20(21)26-22/h5-13,17H,4H2,1-3H3. The molecule has 1 spiro atoms. The van der Waals surface area contributed by atoms with Crippen LogP contribution >= 0.6 is 0 Å². The smallest absolute Gasteiger partial charge is 0.226 e. The Morgan fingerprint density at radius 3 is 2.92 bits per heavy atom. The number of fused-ring (bicyclic) bond motifs is 4. The molecule has 3 heterocycles. The summed E-state index contributed by atoms with van der Waals surface area (Å²) in [6, 6.07) is 14.6. The molecule has 2 unspecified atom stereocenters. The fraction of sp³-hybridized carbons (Fsp3) is 0.273. The largest absolute Gasteiger partial charge is 0.460 e. The quantitative estimate of drug-likeness (QED) is 0.625. The molecule has 0 saturated heterocycles. The predicted molar refractivity (Wildman–Crippen MR) is 106 cm³/mol. The van der Waals surface area contributed by atoms with Crippen LogP contribution in [-0.2, 0) is 0 Å². The first-order chi connectivity index (χ1) is 12.6. The van der Waals surface area contributed by atoms with Gasteiger partial charge in [-0.1, -0.05) is 24.6 Å². The van der Waals surface area contributed by atoms with Crippen LogP contribution < -0.4 is 9.64 Å². The number of hydrogen-bond acceptors (Lipinski definition) is 4. The van der Waals surface area contributed by atoms with Crippen LogP contribution in [0.2, 0.25) is 0 Å². The van der Waals surface area contributed by atoms with Crippen LogP contribution in [0.5, 0.6) is 5.75 Å². The summed E-state index contributed by atoms with van der Waals surface area (Å²) in [5, 5.41) is 1.03. The van der Waals surface area contributed by atoms with Crippen LogP contribution in [-0.4, -0.2) is 24.0 Å². The second-order valence-corrected chi connectivity index (χ2v) is 7.18. The van der Waals surface area contributed by atoms with Crippen molar-refractivity contribution in [1.82, 2.24) is 4.98 Å². The Labute approximate surface area is 153 Å². The van der Waals surface area contributed by atoms with E-state index < -0.39 is 5.72 Å². The highest BCUT2D eigenvalue weighted by molar-refractivity contribution is 5.97. The summed E-state index contributed by atoms with van der Waals surface area (Å²) in [6.45, 7) is 4.36. The molecule has 1 aromatic heterocycles. The second kappa shape index (κ2) is 5.31. The number of aliphatic imine (C=N–C) groups is 1. The number of aromatic nitrogens is 1. The number of rotatable bonds is 1. The van der Waals surface area contributed by atoms with Crippen molar-refractivity contribution in [3.8, 4) is 5.75 Å². The van der Waals surface area contributed by atoms with E-state index in [0.717, 1.165) is 28.8 Å². The molecule has 3 aromatic rings. The van der Waals surface area contributed by atoms with E-state index in [0.29, 0.717) is 0 Å². The van der Waals surface area contributed by atoms with E-state index in [9.17, 15) is 0 Å². The Balaban J connectivity index is 1.68. The number of benzene rings is 2. The summed E-state index contributed by atoms with van der Waals surface area (Å²) in [5.41, 5.74) is 5.07. The maximum atomic E-state index is 6.68. The highest BCUT2D eigenvalue weighted by Crippen LogP contribution is 2.52. The molecule has 5 rings (SSSR count). The highest BCUT2D eigenvalue weighted by atomic mass is 16.5. The van der Waals surface area contributed by atoms with Crippen molar-refractivity contribution in [3.05, 3.63) is 59.8 Å². The lowest BCUT2D eigenvalue weighted by molar-refractivity contribution is 0.121. The highest BCUT2D eigenvalue weighted by Gasteiger charge is 2.52. The third-order valence-corrected chi connectivity index (χ3v) is 5.72. The van der Waals surface area contributed by atoms with Gasteiger partial charge in [-0.05, 0) is 49.2 Å².